The molecule has 0 atom stereocenters. The Morgan fingerprint density at radius 1 is 1.25 bits per heavy atom. The maximum absolute atomic E-state index is 11.1. The molecule has 0 saturated heterocycles. The van der Waals surface area contributed by atoms with E-state index >= 15 is 0 Å². The second-order valence-corrected chi connectivity index (χ2v) is 2.82. The van der Waals surface area contributed by atoms with Crippen LogP contribution in [0.5, 0.6) is 0 Å². The van der Waals surface area contributed by atoms with Crippen molar-refractivity contribution in [1.29, 1.82) is 0 Å². The van der Waals surface area contributed by atoms with E-state index in [9.17, 15) is 4.79 Å². The molecule has 6 heteroatoms. The van der Waals surface area contributed by atoms with Gasteiger partial charge >= 0.3 is 0 Å². The first kappa shape index (κ1) is 17.6. The lowest BCUT2D eigenvalue weighted by Gasteiger charge is -2.08. The summed E-state index contributed by atoms with van der Waals surface area (Å²) >= 11 is 0. The van der Waals surface area contributed by atoms with Gasteiger partial charge in [0.25, 0.3) is 0 Å². The molecule has 0 aliphatic heterocycles. The Morgan fingerprint density at radius 2 is 1.88 bits per heavy atom. The van der Waals surface area contributed by atoms with E-state index in [1.807, 2.05) is 13.8 Å². The highest BCUT2D eigenvalue weighted by atomic mass is 127. The Kier molecular flexibility index (Phi) is 13.5. The number of nitrogens with zero attached hydrogens (tertiary/aromatic N) is 1. The summed E-state index contributed by atoms with van der Waals surface area (Å²) in [5.41, 5.74) is 0. The minimum Gasteiger partial charge on any atom is -0.357 e. The number of carbonyl (C=O) groups is 1. The van der Waals surface area contributed by atoms with Crippen LogP contribution in [0.4, 0.5) is 0 Å². The number of amides is 1. The normalized spacial score (nSPS) is 10.0. The number of hydrogen-bond donors (Lipinski definition) is 3. The topological polar surface area (TPSA) is 65.5 Å². The molecule has 0 bridgehead atoms. The minimum absolute atomic E-state index is 0. The van der Waals surface area contributed by atoms with Gasteiger partial charge < -0.3 is 16.0 Å². The van der Waals surface area contributed by atoms with Crippen LogP contribution in [0.1, 0.15) is 13.8 Å². The summed E-state index contributed by atoms with van der Waals surface area (Å²) in [4.78, 5) is 15.2. The zero-order chi connectivity index (χ0) is 11.5. The molecule has 0 aromatic heterocycles. The highest BCUT2D eigenvalue weighted by Crippen LogP contribution is 1.75. The van der Waals surface area contributed by atoms with E-state index in [-0.39, 0.29) is 36.4 Å². The molecule has 0 saturated carbocycles. The molecule has 94 valence electrons. The molecule has 3 N–H and O–H groups in total. The Hall–Kier alpha value is -0.790. The number of rotatable bonds is 6. The van der Waals surface area contributed by atoms with Gasteiger partial charge in [0.2, 0.25) is 5.91 Å². The molecular weight excluding hydrogens is 319 g/mol. The number of hydrogen-bond acceptors (Lipinski definition) is 2. The minimum atomic E-state index is -0.0756. The predicted octanol–water partition coefficient (Wildman–Crippen LogP) is 0.482. The fourth-order valence-corrected chi connectivity index (χ4v) is 0.915. The lowest BCUT2D eigenvalue weighted by Crippen LogP contribution is -2.38. The summed E-state index contributed by atoms with van der Waals surface area (Å²) in [5, 5.41) is 8.71. The van der Waals surface area contributed by atoms with E-state index in [0.29, 0.717) is 19.0 Å². The number of nitrogens with one attached hydrogen (secondary N) is 3. The molecule has 0 aromatic rings. The Bertz CT molecular complexity index is 231. The summed E-state index contributed by atoms with van der Waals surface area (Å²) in [7, 11) is 0. The van der Waals surface area contributed by atoms with Crippen molar-refractivity contribution in [2.24, 2.45) is 4.99 Å². The molecule has 0 rings (SSSR count). The number of halogens is 1. The average Bonchev–Trinajstić information content (AvgIpc) is 2.22. The van der Waals surface area contributed by atoms with Crippen molar-refractivity contribution in [3.8, 4) is 0 Å². The summed E-state index contributed by atoms with van der Waals surface area (Å²) in [6, 6.07) is 0. The molecule has 0 heterocycles. The SMILES string of the molecule is C=CCNC(=NCC(=O)NCC)NCC.I. The van der Waals surface area contributed by atoms with E-state index in [2.05, 4.69) is 27.5 Å². The van der Waals surface area contributed by atoms with E-state index in [1.54, 1.807) is 6.08 Å². The smallest absolute Gasteiger partial charge is 0.241 e. The molecule has 0 aliphatic rings. The highest BCUT2D eigenvalue weighted by molar-refractivity contribution is 14.0. The Balaban J connectivity index is 0. The average molecular weight is 340 g/mol. The van der Waals surface area contributed by atoms with Crippen LogP contribution in [0.3, 0.4) is 0 Å². The molecule has 5 nitrogen and oxygen atoms in total. The Labute approximate surface area is 114 Å². The molecule has 0 radical (unpaired) electrons. The van der Waals surface area contributed by atoms with Crippen molar-refractivity contribution >= 4 is 35.8 Å². The van der Waals surface area contributed by atoms with E-state index in [0.717, 1.165) is 6.54 Å². The monoisotopic (exact) mass is 340 g/mol. The molecule has 16 heavy (non-hydrogen) atoms. The van der Waals surface area contributed by atoms with Crippen LogP contribution in [0.15, 0.2) is 17.6 Å². The third kappa shape index (κ3) is 9.75. The largest absolute Gasteiger partial charge is 0.357 e. The fourth-order valence-electron chi connectivity index (χ4n) is 0.915. The van der Waals surface area contributed by atoms with Crippen molar-refractivity contribution in [3.05, 3.63) is 12.7 Å². The summed E-state index contributed by atoms with van der Waals surface area (Å²) in [6.07, 6.45) is 1.74. The first-order valence-corrected chi connectivity index (χ1v) is 5.14. The van der Waals surface area contributed by atoms with E-state index in [4.69, 9.17) is 0 Å². The molecule has 0 spiro atoms. The molecule has 0 fully saturated rings. The molecule has 0 aliphatic carbocycles. The van der Waals surface area contributed by atoms with Gasteiger partial charge in [0.15, 0.2) is 5.96 Å². The summed E-state index contributed by atoms with van der Waals surface area (Å²) in [6.45, 7) is 9.60. The predicted molar refractivity (Wildman–Crippen MR) is 78.3 cm³/mol. The number of likely N-dealkylation sites (N-methyl/N-ethyl adjacent to an activating group) is 1. The quantitative estimate of drug-likeness (QED) is 0.285. The van der Waals surface area contributed by atoms with Gasteiger partial charge in [0, 0.05) is 19.6 Å². The number of aliphatic imine (C=N–C) groups is 1. The number of guanidine groups is 1. The maximum Gasteiger partial charge on any atom is 0.241 e. The molecule has 0 unspecified atom stereocenters. The van der Waals surface area contributed by atoms with Crippen molar-refractivity contribution < 1.29 is 4.79 Å². The van der Waals surface area contributed by atoms with Gasteiger partial charge in [-0.3, -0.25) is 4.79 Å². The molecule has 0 aromatic carbocycles. The van der Waals surface area contributed by atoms with Crippen molar-refractivity contribution in [3.63, 3.8) is 0 Å². The summed E-state index contributed by atoms with van der Waals surface area (Å²) in [5.74, 6) is 0.553. The van der Waals surface area contributed by atoms with Crippen LogP contribution in [0.25, 0.3) is 0 Å². The van der Waals surface area contributed by atoms with Gasteiger partial charge in [-0.25, -0.2) is 4.99 Å². The Morgan fingerprint density at radius 3 is 2.38 bits per heavy atom. The van der Waals surface area contributed by atoms with Gasteiger partial charge in [0.05, 0.1) is 0 Å². The van der Waals surface area contributed by atoms with Crippen molar-refractivity contribution in [1.82, 2.24) is 16.0 Å². The highest BCUT2D eigenvalue weighted by Gasteiger charge is 1.99. The van der Waals surface area contributed by atoms with E-state index < -0.39 is 0 Å². The van der Waals surface area contributed by atoms with E-state index in [1.165, 1.54) is 0 Å². The second-order valence-electron chi connectivity index (χ2n) is 2.82. The maximum atomic E-state index is 11.1. The van der Waals surface area contributed by atoms with Crippen LogP contribution in [-0.4, -0.2) is 38.0 Å². The first-order chi connectivity index (χ1) is 7.24. The lowest BCUT2D eigenvalue weighted by atomic mass is 10.5. The first-order valence-electron chi connectivity index (χ1n) is 5.14. The van der Waals surface area contributed by atoms with Crippen molar-refractivity contribution in [2.45, 2.75) is 13.8 Å². The summed E-state index contributed by atoms with van der Waals surface area (Å²) < 4.78 is 0. The van der Waals surface area contributed by atoms with Crippen LogP contribution >= 0.6 is 24.0 Å². The van der Waals surface area contributed by atoms with Crippen LogP contribution < -0.4 is 16.0 Å². The van der Waals surface area contributed by atoms with Gasteiger partial charge in [-0.1, -0.05) is 6.08 Å². The third-order valence-electron chi connectivity index (χ3n) is 1.51. The van der Waals surface area contributed by atoms with Gasteiger partial charge in [-0.15, -0.1) is 30.6 Å². The zero-order valence-electron chi connectivity index (χ0n) is 9.88. The van der Waals surface area contributed by atoms with Crippen LogP contribution in [0.2, 0.25) is 0 Å². The second kappa shape index (κ2) is 12.3. The van der Waals surface area contributed by atoms with Crippen molar-refractivity contribution in [2.75, 3.05) is 26.2 Å². The zero-order valence-corrected chi connectivity index (χ0v) is 12.2. The number of carbonyl (C=O) groups excluding carboxylic acids is 1. The third-order valence-corrected chi connectivity index (χ3v) is 1.51. The fraction of sp³-hybridized carbons (Fsp3) is 0.600. The van der Waals surface area contributed by atoms with Gasteiger partial charge in [0.1, 0.15) is 6.54 Å². The lowest BCUT2D eigenvalue weighted by molar-refractivity contribution is -0.119. The van der Waals surface area contributed by atoms with Crippen LogP contribution in [0, 0.1) is 0 Å². The molecule has 1 amide bonds. The van der Waals surface area contributed by atoms with Gasteiger partial charge in [-0.05, 0) is 13.8 Å². The van der Waals surface area contributed by atoms with Crippen LogP contribution in [-0.2, 0) is 4.79 Å². The molecular formula is C10H21IN4O. The standard InChI is InChI=1S/C10H20N4O.HI/c1-4-7-13-10(12-6-3)14-8-9(15)11-5-2;/h4H,1,5-8H2,2-3H3,(H,11,15)(H2,12,13,14);1H. The van der Waals surface area contributed by atoms with Gasteiger partial charge in [-0.2, -0.15) is 0 Å².